The molecule has 0 saturated carbocycles. The Morgan fingerprint density at radius 2 is 1.43 bits per heavy atom. The van der Waals surface area contributed by atoms with Crippen molar-refractivity contribution in [1.82, 2.24) is 0 Å². The van der Waals surface area contributed by atoms with Gasteiger partial charge in [-0.3, -0.25) is 24.0 Å². The van der Waals surface area contributed by atoms with E-state index in [9.17, 15) is 24.0 Å². The van der Waals surface area contributed by atoms with Crippen molar-refractivity contribution >= 4 is 35.0 Å². The van der Waals surface area contributed by atoms with Crippen molar-refractivity contribution in [3.63, 3.8) is 0 Å². The van der Waals surface area contributed by atoms with Crippen LogP contribution in [0.2, 0.25) is 0 Å². The first kappa shape index (κ1) is 25.6. The van der Waals surface area contributed by atoms with Crippen LogP contribution < -0.4 is 9.47 Å². The number of carbonyl (C=O) groups excluding carboxylic acids is 5. The minimum absolute atomic E-state index is 0.0532. The average molecular weight is 508 g/mol. The molecule has 10 nitrogen and oxygen atoms in total. The molecular weight excluding hydrogens is 484 g/mol. The number of fused-ring (bicyclic) bond motifs is 3. The second kappa shape index (κ2) is 9.88. The van der Waals surface area contributed by atoms with E-state index in [0.29, 0.717) is 5.56 Å². The van der Waals surface area contributed by atoms with Crippen LogP contribution >= 0.6 is 0 Å². The van der Waals surface area contributed by atoms with Crippen molar-refractivity contribution in [3.8, 4) is 11.5 Å². The second-order valence-corrected chi connectivity index (χ2v) is 8.43. The number of allylic oxidation sites excluding steroid dienone is 1. The molecule has 0 N–H and O–H groups in total. The van der Waals surface area contributed by atoms with E-state index >= 15 is 0 Å². The SMILES string of the molecule is COc1cccc2c1C(=O)C1=C(C2=O)[C@H](OC(C)=O)[C@@H](OC(C)=O)c2cc(COC(C)=O)cc(OC)c21. The Labute approximate surface area is 212 Å². The van der Waals surface area contributed by atoms with Crippen molar-refractivity contribution in [2.75, 3.05) is 14.2 Å². The summed E-state index contributed by atoms with van der Waals surface area (Å²) in [5, 5.41) is 0. The van der Waals surface area contributed by atoms with Gasteiger partial charge in [0.1, 0.15) is 18.1 Å². The van der Waals surface area contributed by atoms with E-state index in [2.05, 4.69) is 0 Å². The van der Waals surface area contributed by atoms with E-state index < -0.39 is 41.7 Å². The van der Waals surface area contributed by atoms with Gasteiger partial charge in [0.25, 0.3) is 0 Å². The number of ether oxygens (including phenoxy) is 5. The fourth-order valence-electron chi connectivity index (χ4n) is 4.69. The van der Waals surface area contributed by atoms with Crippen LogP contribution in [0.4, 0.5) is 0 Å². The number of rotatable bonds is 6. The van der Waals surface area contributed by atoms with Gasteiger partial charge in [-0.2, -0.15) is 0 Å². The Morgan fingerprint density at radius 3 is 2.03 bits per heavy atom. The first-order chi connectivity index (χ1) is 17.6. The van der Waals surface area contributed by atoms with E-state index in [1.165, 1.54) is 34.1 Å². The Kier molecular flexibility index (Phi) is 6.84. The quantitative estimate of drug-likeness (QED) is 0.423. The normalized spacial score (nSPS) is 17.8. The lowest BCUT2D eigenvalue weighted by atomic mass is 9.71. The van der Waals surface area contributed by atoms with E-state index in [0.717, 1.165) is 6.92 Å². The Morgan fingerprint density at radius 1 is 0.784 bits per heavy atom. The molecule has 10 heteroatoms. The lowest BCUT2D eigenvalue weighted by Gasteiger charge is -2.37. The second-order valence-electron chi connectivity index (χ2n) is 8.43. The first-order valence-electron chi connectivity index (χ1n) is 11.3. The summed E-state index contributed by atoms with van der Waals surface area (Å²) in [5.41, 5.74) is 0.846. The molecule has 0 bridgehead atoms. The van der Waals surface area contributed by atoms with Crippen LogP contribution in [0, 0.1) is 0 Å². The topological polar surface area (TPSA) is 132 Å². The Bertz CT molecular complexity index is 1380. The number of methoxy groups -OCH3 is 2. The van der Waals surface area contributed by atoms with Gasteiger partial charge in [-0.25, -0.2) is 0 Å². The van der Waals surface area contributed by atoms with Crippen molar-refractivity contribution in [2.24, 2.45) is 0 Å². The van der Waals surface area contributed by atoms with Crippen LogP contribution in [-0.4, -0.2) is 49.8 Å². The highest BCUT2D eigenvalue weighted by atomic mass is 16.6. The van der Waals surface area contributed by atoms with Crippen LogP contribution in [0.25, 0.3) is 5.57 Å². The van der Waals surface area contributed by atoms with Crippen LogP contribution in [0.1, 0.15) is 64.3 Å². The molecule has 4 rings (SSSR count). The predicted molar refractivity (Wildman–Crippen MR) is 127 cm³/mol. The monoisotopic (exact) mass is 508 g/mol. The van der Waals surface area contributed by atoms with E-state index in [4.69, 9.17) is 23.7 Å². The van der Waals surface area contributed by atoms with E-state index in [-0.39, 0.29) is 51.5 Å². The minimum Gasteiger partial charge on any atom is -0.496 e. The molecule has 2 aromatic carbocycles. The molecule has 0 saturated heterocycles. The number of esters is 3. The molecule has 0 aliphatic heterocycles. The molecule has 2 aliphatic carbocycles. The molecule has 0 aromatic heterocycles. The van der Waals surface area contributed by atoms with Crippen LogP contribution in [0.3, 0.4) is 0 Å². The van der Waals surface area contributed by atoms with E-state index in [1.54, 1.807) is 24.3 Å². The molecule has 0 heterocycles. The maximum atomic E-state index is 14.0. The van der Waals surface area contributed by atoms with Gasteiger partial charge in [0.05, 0.1) is 25.4 Å². The van der Waals surface area contributed by atoms with Gasteiger partial charge < -0.3 is 23.7 Å². The smallest absolute Gasteiger partial charge is 0.303 e. The van der Waals surface area contributed by atoms with Crippen LogP contribution in [-0.2, 0) is 35.2 Å². The lowest BCUT2D eigenvalue weighted by Crippen LogP contribution is -2.40. The summed E-state index contributed by atoms with van der Waals surface area (Å²) in [4.78, 5) is 63.6. The Balaban J connectivity index is 2.07. The molecule has 192 valence electrons. The third-order valence-corrected chi connectivity index (χ3v) is 6.02. The number of hydrogen-bond donors (Lipinski definition) is 0. The molecule has 2 atom stereocenters. The predicted octanol–water partition coefficient (Wildman–Crippen LogP) is 3.15. The minimum atomic E-state index is -1.42. The van der Waals surface area contributed by atoms with E-state index in [1.807, 2.05) is 0 Å². The molecule has 0 radical (unpaired) electrons. The van der Waals surface area contributed by atoms with Crippen molar-refractivity contribution in [1.29, 1.82) is 0 Å². The highest BCUT2D eigenvalue weighted by Gasteiger charge is 2.49. The Hall–Kier alpha value is -4.47. The van der Waals surface area contributed by atoms with Gasteiger partial charge in [0.15, 0.2) is 23.8 Å². The average Bonchev–Trinajstić information content (AvgIpc) is 2.85. The molecule has 0 fully saturated rings. The van der Waals surface area contributed by atoms with Crippen molar-refractivity contribution < 1.29 is 47.7 Å². The standard InChI is InChI=1S/C27H24O10/c1-12(28)35-11-15-9-17-20(19(10-15)34-5)22-23(27(37-14(3)30)26(17)36-13(2)29)24(31)16-7-6-8-18(33-4)21(16)25(22)32/h6-10,26-27H,11H2,1-5H3/t26-,27-/m0/s1. The summed E-state index contributed by atoms with van der Waals surface area (Å²) in [7, 11) is 2.75. The molecular formula is C27H24O10. The molecule has 2 aromatic rings. The number of benzene rings is 2. The molecule has 2 aliphatic rings. The summed E-state index contributed by atoms with van der Waals surface area (Å²) in [6.07, 6.45) is -2.71. The zero-order valence-electron chi connectivity index (χ0n) is 20.8. The van der Waals surface area contributed by atoms with Crippen LogP contribution in [0.5, 0.6) is 11.5 Å². The maximum Gasteiger partial charge on any atom is 0.303 e. The molecule has 0 amide bonds. The summed E-state index contributed by atoms with van der Waals surface area (Å²) in [5.74, 6) is -2.75. The highest BCUT2D eigenvalue weighted by Crippen LogP contribution is 2.50. The fraction of sp³-hybridized carbons (Fsp3) is 0.296. The highest BCUT2D eigenvalue weighted by molar-refractivity contribution is 6.42. The lowest BCUT2D eigenvalue weighted by molar-refractivity contribution is -0.163. The number of carbonyl (C=O) groups is 5. The maximum absolute atomic E-state index is 14.0. The van der Waals surface area contributed by atoms with Gasteiger partial charge in [0, 0.05) is 43.0 Å². The summed E-state index contributed by atoms with van der Waals surface area (Å²) < 4.78 is 27.2. The van der Waals surface area contributed by atoms with Crippen molar-refractivity contribution in [3.05, 3.63) is 63.7 Å². The zero-order valence-corrected chi connectivity index (χ0v) is 20.8. The molecule has 0 unspecified atom stereocenters. The van der Waals surface area contributed by atoms with Gasteiger partial charge in [-0.15, -0.1) is 0 Å². The fourth-order valence-corrected chi connectivity index (χ4v) is 4.69. The van der Waals surface area contributed by atoms with Crippen molar-refractivity contribution in [2.45, 2.75) is 39.6 Å². The van der Waals surface area contributed by atoms with Crippen LogP contribution in [0.15, 0.2) is 35.9 Å². The third-order valence-electron chi connectivity index (χ3n) is 6.02. The van der Waals surface area contributed by atoms with Gasteiger partial charge in [0.2, 0.25) is 0 Å². The summed E-state index contributed by atoms with van der Waals surface area (Å²) in [6.45, 7) is 3.43. The molecule has 0 spiro atoms. The third kappa shape index (κ3) is 4.46. The van der Waals surface area contributed by atoms with Gasteiger partial charge in [-0.1, -0.05) is 12.1 Å². The number of hydrogen-bond acceptors (Lipinski definition) is 10. The zero-order chi connectivity index (χ0) is 27.0. The first-order valence-corrected chi connectivity index (χ1v) is 11.3. The van der Waals surface area contributed by atoms with Gasteiger partial charge in [-0.05, 0) is 23.8 Å². The summed E-state index contributed by atoms with van der Waals surface area (Å²) >= 11 is 0. The molecule has 37 heavy (non-hydrogen) atoms. The van der Waals surface area contributed by atoms with Gasteiger partial charge >= 0.3 is 17.9 Å². The summed E-state index contributed by atoms with van der Waals surface area (Å²) in [6, 6.07) is 7.72. The largest absolute Gasteiger partial charge is 0.496 e. The number of Topliss-reactive ketones (excluding diaryl/α,β-unsaturated/α-hetero) is 2. The number of ketones is 2.